The van der Waals surface area contributed by atoms with Crippen molar-refractivity contribution in [3.63, 3.8) is 0 Å². The molecule has 2 aromatic rings. The van der Waals surface area contributed by atoms with E-state index in [-0.39, 0.29) is 22.1 Å². The third-order valence-corrected chi connectivity index (χ3v) is 5.44. The highest BCUT2D eigenvalue weighted by atomic mass is 35.5. The number of amides is 1. The van der Waals surface area contributed by atoms with Crippen molar-refractivity contribution >= 4 is 33.0 Å². The van der Waals surface area contributed by atoms with Crippen LogP contribution in [-0.4, -0.2) is 31.3 Å². The number of hydrogen-bond acceptors (Lipinski definition) is 5. The molecule has 1 amide bonds. The third kappa shape index (κ3) is 4.87. The number of benzene rings is 2. The highest BCUT2D eigenvalue weighted by Crippen LogP contribution is 2.27. The van der Waals surface area contributed by atoms with Gasteiger partial charge in [0.25, 0.3) is 5.91 Å². The lowest BCUT2D eigenvalue weighted by atomic mass is 10.2. The standard InChI is InChI=1S/C17H18ClNO5S/c1-3-25(22,23)14-8-9-16(20)15(10-14)19-17(21)11(2)24-13-6-4-12(18)5-7-13/h4-11,20H,3H2,1-2H3,(H,19,21)/t11-/m0/s1. The third-order valence-electron chi connectivity index (χ3n) is 3.46. The molecule has 0 unspecified atom stereocenters. The van der Waals surface area contributed by atoms with Crippen LogP contribution in [0.15, 0.2) is 47.4 Å². The van der Waals surface area contributed by atoms with Gasteiger partial charge in [-0.1, -0.05) is 18.5 Å². The van der Waals surface area contributed by atoms with E-state index in [9.17, 15) is 18.3 Å². The first-order valence-corrected chi connectivity index (χ1v) is 9.55. The van der Waals surface area contributed by atoms with Crippen molar-refractivity contribution in [2.24, 2.45) is 0 Å². The predicted octanol–water partition coefficient (Wildman–Crippen LogP) is 3.25. The molecule has 134 valence electrons. The minimum atomic E-state index is -3.45. The number of carbonyl (C=O) groups is 1. The van der Waals surface area contributed by atoms with Crippen molar-refractivity contribution < 1.29 is 23.1 Å². The summed E-state index contributed by atoms with van der Waals surface area (Å²) in [7, 11) is -3.45. The second-order valence-electron chi connectivity index (χ2n) is 5.29. The molecule has 8 heteroatoms. The SMILES string of the molecule is CCS(=O)(=O)c1ccc(O)c(NC(=O)[C@H](C)Oc2ccc(Cl)cc2)c1. The second-order valence-corrected chi connectivity index (χ2v) is 8.00. The second kappa shape index (κ2) is 7.76. The summed E-state index contributed by atoms with van der Waals surface area (Å²) >= 11 is 5.79. The van der Waals surface area contributed by atoms with E-state index in [1.807, 2.05) is 0 Å². The van der Waals surface area contributed by atoms with Crippen LogP contribution in [0.2, 0.25) is 5.02 Å². The number of aromatic hydroxyl groups is 1. The number of rotatable bonds is 6. The van der Waals surface area contributed by atoms with Crippen molar-refractivity contribution in [1.29, 1.82) is 0 Å². The Morgan fingerprint density at radius 3 is 2.48 bits per heavy atom. The van der Waals surface area contributed by atoms with Crippen LogP contribution in [0.4, 0.5) is 5.69 Å². The predicted molar refractivity (Wildman–Crippen MR) is 96.0 cm³/mol. The highest BCUT2D eigenvalue weighted by molar-refractivity contribution is 7.91. The zero-order valence-corrected chi connectivity index (χ0v) is 15.3. The van der Waals surface area contributed by atoms with Crippen LogP contribution in [0.5, 0.6) is 11.5 Å². The molecule has 0 aliphatic heterocycles. The first kappa shape index (κ1) is 19.1. The summed E-state index contributed by atoms with van der Waals surface area (Å²) in [5.74, 6) is -0.390. The fourth-order valence-corrected chi connectivity index (χ4v) is 3.01. The smallest absolute Gasteiger partial charge is 0.265 e. The lowest BCUT2D eigenvalue weighted by Crippen LogP contribution is -2.30. The zero-order chi connectivity index (χ0) is 18.6. The minimum Gasteiger partial charge on any atom is -0.506 e. The Kier molecular flexibility index (Phi) is 5.92. The van der Waals surface area contributed by atoms with Gasteiger partial charge in [0, 0.05) is 5.02 Å². The van der Waals surface area contributed by atoms with Crippen molar-refractivity contribution in [3.8, 4) is 11.5 Å². The van der Waals surface area contributed by atoms with E-state index < -0.39 is 21.8 Å². The van der Waals surface area contributed by atoms with E-state index in [2.05, 4.69) is 5.32 Å². The zero-order valence-electron chi connectivity index (χ0n) is 13.7. The molecule has 0 fully saturated rings. The quantitative estimate of drug-likeness (QED) is 0.747. The molecule has 25 heavy (non-hydrogen) atoms. The Balaban J connectivity index is 2.14. The normalized spacial score (nSPS) is 12.4. The van der Waals surface area contributed by atoms with Gasteiger partial charge < -0.3 is 15.2 Å². The number of nitrogens with one attached hydrogen (secondary N) is 1. The molecule has 0 saturated carbocycles. The molecule has 0 saturated heterocycles. The molecule has 0 heterocycles. The molecule has 1 atom stereocenters. The summed E-state index contributed by atoms with van der Waals surface area (Å²) in [6.07, 6.45) is -0.869. The molecular formula is C17H18ClNO5S. The van der Waals surface area contributed by atoms with Crippen LogP contribution >= 0.6 is 11.6 Å². The van der Waals surface area contributed by atoms with Gasteiger partial charge in [0.1, 0.15) is 11.5 Å². The summed E-state index contributed by atoms with van der Waals surface area (Å²) in [4.78, 5) is 12.3. The number of sulfone groups is 1. The monoisotopic (exact) mass is 383 g/mol. The van der Waals surface area contributed by atoms with E-state index in [0.717, 1.165) is 0 Å². The van der Waals surface area contributed by atoms with Crippen LogP contribution in [-0.2, 0) is 14.6 Å². The maximum absolute atomic E-state index is 12.2. The van der Waals surface area contributed by atoms with Crippen molar-refractivity contribution in [2.75, 3.05) is 11.1 Å². The van der Waals surface area contributed by atoms with Crippen molar-refractivity contribution in [2.45, 2.75) is 24.8 Å². The van der Waals surface area contributed by atoms with Gasteiger partial charge in [-0.15, -0.1) is 0 Å². The van der Waals surface area contributed by atoms with Gasteiger partial charge >= 0.3 is 0 Å². The molecule has 0 aromatic heterocycles. The Morgan fingerprint density at radius 1 is 1.24 bits per heavy atom. The van der Waals surface area contributed by atoms with Crippen LogP contribution in [0.25, 0.3) is 0 Å². The summed E-state index contributed by atoms with van der Waals surface area (Å²) in [5, 5.41) is 12.9. The fraction of sp³-hybridized carbons (Fsp3) is 0.235. The van der Waals surface area contributed by atoms with Crippen LogP contribution in [0.1, 0.15) is 13.8 Å². The number of ether oxygens (including phenoxy) is 1. The minimum absolute atomic E-state index is 0.00563. The average Bonchev–Trinajstić information content (AvgIpc) is 2.58. The molecule has 6 nitrogen and oxygen atoms in total. The molecule has 0 spiro atoms. The van der Waals surface area contributed by atoms with Crippen LogP contribution in [0.3, 0.4) is 0 Å². The van der Waals surface area contributed by atoms with Gasteiger partial charge in [0.15, 0.2) is 15.9 Å². The number of hydrogen-bond donors (Lipinski definition) is 2. The molecule has 0 aliphatic carbocycles. The lowest BCUT2D eigenvalue weighted by molar-refractivity contribution is -0.122. The Labute approximate surface area is 151 Å². The van der Waals surface area contributed by atoms with Gasteiger partial charge in [0.2, 0.25) is 0 Å². The van der Waals surface area contributed by atoms with Gasteiger partial charge in [-0.25, -0.2) is 8.42 Å². The highest BCUT2D eigenvalue weighted by Gasteiger charge is 2.19. The number of halogens is 1. The van der Waals surface area contributed by atoms with E-state index in [0.29, 0.717) is 10.8 Å². The maximum atomic E-state index is 12.2. The van der Waals surface area contributed by atoms with Gasteiger partial charge in [-0.3, -0.25) is 4.79 Å². The molecular weight excluding hydrogens is 366 g/mol. The molecule has 2 N–H and O–H groups in total. The van der Waals surface area contributed by atoms with E-state index in [1.165, 1.54) is 32.0 Å². The van der Waals surface area contributed by atoms with E-state index in [4.69, 9.17) is 16.3 Å². The van der Waals surface area contributed by atoms with Gasteiger partial charge in [0.05, 0.1) is 16.3 Å². The molecule has 0 radical (unpaired) electrons. The number of carbonyl (C=O) groups excluding carboxylic acids is 1. The average molecular weight is 384 g/mol. The van der Waals surface area contributed by atoms with Crippen LogP contribution in [0, 0.1) is 0 Å². The largest absolute Gasteiger partial charge is 0.506 e. The topological polar surface area (TPSA) is 92.7 Å². The summed E-state index contributed by atoms with van der Waals surface area (Å²) in [6, 6.07) is 10.2. The number of phenols is 1. The van der Waals surface area contributed by atoms with E-state index in [1.54, 1.807) is 24.3 Å². The summed E-state index contributed by atoms with van der Waals surface area (Å²) in [6.45, 7) is 3.05. The van der Waals surface area contributed by atoms with Crippen molar-refractivity contribution in [1.82, 2.24) is 0 Å². The van der Waals surface area contributed by atoms with Crippen molar-refractivity contribution in [3.05, 3.63) is 47.5 Å². The fourth-order valence-electron chi connectivity index (χ4n) is 1.98. The number of anilines is 1. The summed E-state index contributed by atoms with van der Waals surface area (Å²) < 4.78 is 29.3. The lowest BCUT2D eigenvalue weighted by Gasteiger charge is -2.16. The van der Waals surface area contributed by atoms with Gasteiger partial charge in [-0.05, 0) is 49.4 Å². The maximum Gasteiger partial charge on any atom is 0.265 e. The van der Waals surface area contributed by atoms with E-state index >= 15 is 0 Å². The number of phenolic OH excluding ortho intramolecular Hbond substituents is 1. The Hall–Kier alpha value is -2.25. The molecule has 0 bridgehead atoms. The first-order chi connectivity index (χ1) is 11.7. The summed E-state index contributed by atoms with van der Waals surface area (Å²) in [5.41, 5.74) is 0.00563. The molecule has 0 aliphatic rings. The molecule has 2 aromatic carbocycles. The Bertz CT molecular complexity index is 865. The van der Waals surface area contributed by atoms with Gasteiger partial charge in [-0.2, -0.15) is 0 Å². The molecule has 2 rings (SSSR count). The first-order valence-electron chi connectivity index (χ1n) is 7.52. The Morgan fingerprint density at radius 2 is 1.88 bits per heavy atom. The van der Waals surface area contributed by atoms with Crippen LogP contribution < -0.4 is 10.1 Å².